The lowest BCUT2D eigenvalue weighted by atomic mass is 10.1. The minimum Gasteiger partial charge on any atom is -0.393 e. The zero-order chi connectivity index (χ0) is 9.14. The quantitative estimate of drug-likeness (QED) is 0.716. The molecule has 1 rings (SSSR count). The first kappa shape index (κ1) is 9.20. The Balaban J connectivity index is 2.90. The normalized spacial score (nSPS) is 13.0. The summed E-state index contributed by atoms with van der Waals surface area (Å²) in [6, 6.07) is 4.93. The van der Waals surface area contributed by atoms with Gasteiger partial charge in [0.25, 0.3) is 0 Å². The van der Waals surface area contributed by atoms with Crippen LogP contribution in [-0.4, -0.2) is 11.2 Å². The summed E-state index contributed by atoms with van der Waals surface area (Å²) in [5.41, 5.74) is 1.61. The lowest BCUT2D eigenvalue weighted by molar-refractivity contribution is 0.194. The summed E-state index contributed by atoms with van der Waals surface area (Å²) in [4.78, 5) is 0. The van der Waals surface area contributed by atoms with Crippen molar-refractivity contribution in [2.45, 2.75) is 26.4 Å². The standard InChI is InChI=1S/C10H13FO/c1-7-3-4-10(11)9(5-7)6-8(2)12/h3-5,8,12H,6H2,1-2H3/t8-/m1/s1. The van der Waals surface area contributed by atoms with Gasteiger partial charge in [-0.2, -0.15) is 0 Å². The van der Waals surface area contributed by atoms with Crippen LogP contribution >= 0.6 is 0 Å². The maximum absolute atomic E-state index is 13.0. The fourth-order valence-electron chi connectivity index (χ4n) is 1.18. The molecule has 12 heavy (non-hydrogen) atoms. The Kier molecular flexibility index (Phi) is 2.82. The monoisotopic (exact) mass is 168 g/mol. The minimum atomic E-state index is -0.485. The maximum atomic E-state index is 13.0. The smallest absolute Gasteiger partial charge is 0.126 e. The number of aryl methyl sites for hydroxylation is 1. The second-order valence-electron chi connectivity index (χ2n) is 3.15. The highest BCUT2D eigenvalue weighted by molar-refractivity contribution is 5.24. The summed E-state index contributed by atoms with van der Waals surface area (Å²) in [5, 5.41) is 9.05. The summed E-state index contributed by atoms with van der Waals surface area (Å²) in [6.07, 6.45) is -0.102. The molecule has 0 unspecified atom stereocenters. The first-order valence-corrected chi connectivity index (χ1v) is 4.02. The van der Waals surface area contributed by atoms with Crippen LogP contribution in [0.3, 0.4) is 0 Å². The number of halogens is 1. The fourth-order valence-corrected chi connectivity index (χ4v) is 1.18. The van der Waals surface area contributed by atoms with Gasteiger partial charge in [0.05, 0.1) is 6.10 Å². The molecule has 0 bridgehead atoms. The van der Waals surface area contributed by atoms with Crippen LogP contribution in [0.25, 0.3) is 0 Å². The van der Waals surface area contributed by atoms with Crippen molar-refractivity contribution in [3.8, 4) is 0 Å². The number of aliphatic hydroxyl groups excluding tert-OH is 1. The Morgan fingerprint density at radius 2 is 2.17 bits per heavy atom. The van der Waals surface area contributed by atoms with Crippen LogP contribution in [0.2, 0.25) is 0 Å². The average molecular weight is 168 g/mol. The molecule has 0 fully saturated rings. The van der Waals surface area contributed by atoms with Crippen molar-refractivity contribution in [3.05, 3.63) is 35.1 Å². The molecular formula is C10H13FO. The van der Waals surface area contributed by atoms with E-state index in [-0.39, 0.29) is 5.82 Å². The van der Waals surface area contributed by atoms with E-state index >= 15 is 0 Å². The predicted octanol–water partition coefficient (Wildman–Crippen LogP) is 2.06. The zero-order valence-corrected chi connectivity index (χ0v) is 7.34. The van der Waals surface area contributed by atoms with Crippen molar-refractivity contribution in [1.29, 1.82) is 0 Å². The van der Waals surface area contributed by atoms with E-state index in [9.17, 15) is 4.39 Å². The Morgan fingerprint density at radius 1 is 1.50 bits per heavy atom. The molecule has 0 aliphatic heterocycles. The van der Waals surface area contributed by atoms with Gasteiger partial charge in [0.15, 0.2) is 0 Å². The molecule has 0 spiro atoms. The first-order chi connectivity index (χ1) is 5.59. The third kappa shape index (κ3) is 2.31. The maximum Gasteiger partial charge on any atom is 0.126 e. The van der Waals surface area contributed by atoms with Gasteiger partial charge in [-0.05, 0) is 25.5 Å². The second kappa shape index (κ2) is 3.68. The van der Waals surface area contributed by atoms with E-state index in [1.165, 1.54) is 6.07 Å². The van der Waals surface area contributed by atoms with Crippen LogP contribution < -0.4 is 0 Å². The van der Waals surface area contributed by atoms with Gasteiger partial charge in [-0.25, -0.2) is 4.39 Å². The van der Waals surface area contributed by atoms with Gasteiger partial charge < -0.3 is 5.11 Å². The van der Waals surface area contributed by atoms with Crippen molar-refractivity contribution in [3.63, 3.8) is 0 Å². The average Bonchev–Trinajstić information content (AvgIpc) is 1.96. The summed E-state index contributed by atoms with van der Waals surface area (Å²) in [7, 11) is 0. The van der Waals surface area contributed by atoms with Gasteiger partial charge in [0, 0.05) is 6.42 Å². The molecule has 2 heteroatoms. The van der Waals surface area contributed by atoms with Gasteiger partial charge in [-0.1, -0.05) is 17.7 Å². The van der Waals surface area contributed by atoms with Crippen molar-refractivity contribution in [2.75, 3.05) is 0 Å². The molecule has 0 heterocycles. The molecular weight excluding hydrogens is 155 g/mol. The molecule has 66 valence electrons. The summed E-state index contributed by atoms with van der Waals surface area (Å²) < 4.78 is 13.0. The van der Waals surface area contributed by atoms with Gasteiger partial charge in [0.2, 0.25) is 0 Å². The van der Waals surface area contributed by atoms with E-state index < -0.39 is 6.10 Å². The van der Waals surface area contributed by atoms with Crippen LogP contribution in [0.1, 0.15) is 18.1 Å². The first-order valence-electron chi connectivity index (χ1n) is 4.02. The van der Waals surface area contributed by atoms with E-state index in [4.69, 9.17) is 5.11 Å². The van der Waals surface area contributed by atoms with Crippen molar-refractivity contribution in [1.82, 2.24) is 0 Å². The Labute approximate surface area is 71.9 Å². The van der Waals surface area contributed by atoms with Crippen LogP contribution in [0.4, 0.5) is 4.39 Å². The van der Waals surface area contributed by atoms with E-state index in [1.54, 1.807) is 19.1 Å². The minimum absolute atomic E-state index is 0.235. The molecule has 0 saturated heterocycles. The third-order valence-corrected chi connectivity index (χ3v) is 1.72. The third-order valence-electron chi connectivity index (χ3n) is 1.72. The topological polar surface area (TPSA) is 20.2 Å². The number of benzene rings is 1. The molecule has 0 saturated carbocycles. The molecule has 0 amide bonds. The van der Waals surface area contributed by atoms with Crippen LogP contribution in [0.5, 0.6) is 0 Å². The number of rotatable bonds is 2. The molecule has 0 aliphatic carbocycles. The largest absolute Gasteiger partial charge is 0.393 e. The lowest BCUT2D eigenvalue weighted by Gasteiger charge is -2.06. The molecule has 1 aromatic carbocycles. The SMILES string of the molecule is Cc1ccc(F)c(C[C@@H](C)O)c1. The predicted molar refractivity (Wildman–Crippen MR) is 46.5 cm³/mol. The van der Waals surface area contributed by atoms with Crippen LogP contribution in [0.15, 0.2) is 18.2 Å². The summed E-state index contributed by atoms with van der Waals surface area (Å²) >= 11 is 0. The highest BCUT2D eigenvalue weighted by Crippen LogP contribution is 2.11. The van der Waals surface area contributed by atoms with E-state index in [2.05, 4.69) is 0 Å². The lowest BCUT2D eigenvalue weighted by Crippen LogP contribution is -2.06. The molecule has 1 N–H and O–H groups in total. The summed E-state index contributed by atoms with van der Waals surface area (Å²) in [5.74, 6) is -0.235. The molecule has 0 aliphatic rings. The number of aliphatic hydroxyl groups is 1. The van der Waals surface area contributed by atoms with Crippen molar-refractivity contribution in [2.24, 2.45) is 0 Å². The van der Waals surface area contributed by atoms with E-state index in [0.717, 1.165) is 5.56 Å². The molecule has 0 radical (unpaired) electrons. The Morgan fingerprint density at radius 3 is 2.75 bits per heavy atom. The van der Waals surface area contributed by atoms with E-state index in [1.807, 2.05) is 6.92 Å². The number of hydrogen-bond donors (Lipinski definition) is 1. The van der Waals surface area contributed by atoms with Crippen LogP contribution in [-0.2, 0) is 6.42 Å². The fraction of sp³-hybridized carbons (Fsp3) is 0.400. The Bertz CT molecular complexity index is 269. The molecule has 1 aromatic rings. The highest BCUT2D eigenvalue weighted by Gasteiger charge is 2.04. The van der Waals surface area contributed by atoms with Gasteiger partial charge in [-0.3, -0.25) is 0 Å². The van der Waals surface area contributed by atoms with Gasteiger partial charge in [-0.15, -0.1) is 0 Å². The number of hydrogen-bond acceptors (Lipinski definition) is 1. The van der Waals surface area contributed by atoms with Crippen molar-refractivity contribution < 1.29 is 9.50 Å². The highest BCUT2D eigenvalue weighted by atomic mass is 19.1. The van der Waals surface area contributed by atoms with E-state index in [0.29, 0.717) is 12.0 Å². The van der Waals surface area contributed by atoms with Gasteiger partial charge in [0.1, 0.15) is 5.82 Å². The Hall–Kier alpha value is -0.890. The molecule has 1 atom stereocenters. The molecule has 0 aromatic heterocycles. The van der Waals surface area contributed by atoms with Gasteiger partial charge >= 0.3 is 0 Å². The zero-order valence-electron chi connectivity index (χ0n) is 7.34. The second-order valence-corrected chi connectivity index (χ2v) is 3.15. The summed E-state index contributed by atoms with van der Waals surface area (Å²) in [6.45, 7) is 3.56. The molecule has 1 nitrogen and oxygen atoms in total. The van der Waals surface area contributed by atoms with Crippen molar-refractivity contribution >= 4 is 0 Å². The van der Waals surface area contributed by atoms with Crippen LogP contribution in [0, 0.1) is 12.7 Å².